The number of ketones is 1. The Kier molecular flexibility index (Phi) is 6.39. The summed E-state index contributed by atoms with van der Waals surface area (Å²) in [4.78, 5) is 29.3. The van der Waals surface area contributed by atoms with E-state index in [-0.39, 0.29) is 11.3 Å². The molecule has 0 saturated carbocycles. The molecule has 7 heteroatoms. The van der Waals surface area contributed by atoms with Crippen LogP contribution in [0.25, 0.3) is 5.57 Å². The number of nitrogens with two attached hydrogens (primary N) is 1. The molecule has 0 aromatic heterocycles. The van der Waals surface area contributed by atoms with Crippen LogP contribution >= 0.6 is 11.8 Å². The van der Waals surface area contributed by atoms with Gasteiger partial charge in [-0.3, -0.25) is 9.79 Å². The molecule has 0 unspecified atom stereocenters. The van der Waals surface area contributed by atoms with Crippen molar-refractivity contribution < 1.29 is 14.7 Å². The molecule has 1 heterocycles. The van der Waals surface area contributed by atoms with E-state index in [0.717, 1.165) is 35.0 Å². The smallest absolute Gasteiger partial charge is 0.338 e. The van der Waals surface area contributed by atoms with Crippen LogP contribution in [0.5, 0.6) is 0 Å². The minimum atomic E-state index is -1.23. The maximum atomic E-state index is 13.0. The summed E-state index contributed by atoms with van der Waals surface area (Å²) in [7, 11) is 0. The molecule has 2 aromatic carbocycles. The van der Waals surface area contributed by atoms with E-state index in [4.69, 9.17) is 5.73 Å². The van der Waals surface area contributed by atoms with Crippen molar-refractivity contribution >= 4 is 39.9 Å². The molecule has 3 rings (SSSR count). The normalized spacial score (nSPS) is 14.6. The number of anilines is 1. The van der Waals surface area contributed by atoms with Crippen LogP contribution in [-0.2, 0) is 4.79 Å². The molecular formula is C22H23N3O3S. The SMILES string of the molecule is Cc1cc(C)cc(C(C(=O)O)=C(N)C(=O)c2cccc(NC3=NCCCS3)c2)c1. The van der Waals surface area contributed by atoms with Crippen molar-refractivity contribution in [3.8, 4) is 0 Å². The summed E-state index contributed by atoms with van der Waals surface area (Å²) in [5.41, 5.74) is 8.83. The summed E-state index contributed by atoms with van der Waals surface area (Å²) >= 11 is 1.63. The molecule has 2 aromatic rings. The molecule has 29 heavy (non-hydrogen) atoms. The average Bonchev–Trinajstić information content (AvgIpc) is 2.67. The Balaban J connectivity index is 1.95. The monoisotopic (exact) mass is 409 g/mol. The van der Waals surface area contributed by atoms with E-state index in [1.165, 1.54) is 0 Å². The number of aliphatic carboxylic acids is 1. The van der Waals surface area contributed by atoms with Gasteiger partial charge in [-0.15, -0.1) is 0 Å². The van der Waals surface area contributed by atoms with E-state index >= 15 is 0 Å². The Morgan fingerprint density at radius 2 is 1.83 bits per heavy atom. The number of nitrogens with zero attached hydrogens (tertiary/aromatic N) is 1. The number of thioether (sulfide) groups is 1. The molecule has 0 saturated heterocycles. The Hall–Kier alpha value is -3.06. The van der Waals surface area contributed by atoms with Gasteiger partial charge in [0, 0.05) is 23.5 Å². The first-order chi connectivity index (χ1) is 13.8. The molecule has 0 atom stereocenters. The first-order valence-electron chi connectivity index (χ1n) is 9.26. The molecule has 0 bridgehead atoms. The van der Waals surface area contributed by atoms with Gasteiger partial charge in [-0.05, 0) is 38.0 Å². The Morgan fingerprint density at radius 3 is 2.45 bits per heavy atom. The zero-order valence-electron chi connectivity index (χ0n) is 16.4. The van der Waals surface area contributed by atoms with Gasteiger partial charge in [-0.1, -0.05) is 53.2 Å². The number of carboxylic acids is 1. The van der Waals surface area contributed by atoms with Gasteiger partial charge in [0.15, 0.2) is 5.17 Å². The van der Waals surface area contributed by atoms with Gasteiger partial charge in [0.25, 0.3) is 0 Å². The minimum Gasteiger partial charge on any atom is -0.478 e. The first kappa shape index (κ1) is 20.7. The Labute approximate surface area is 173 Å². The molecule has 1 aliphatic rings. The van der Waals surface area contributed by atoms with E-state index in [1.54, 1.807) is 42.1 Å². The largest absolute Gasteiger partial charge is 0.478 e. The quantitative estimate of drug-likeness (QED) is 0.512. The van der Waals surface area contributed by atoms with Crippen LogP contribution in [0.2, 0.25) is 0 Å². The fourth-order valence-electron chi connectivity index (χ4n) is 3.18. The molecule has 0 fully saturated rings. The standard InChI is InChI=1S/C22H23N3O3S/c1-13-9-14(2)11-16(10-13)18(21(27)28)19(23)20(26)15-5-3-6-17(12-15)25-22-24-7-4-8-29-22/h3,5-6,9-12H,4,7-8,23H2,1-2H3,(H,24,25)(H,27,28). The number of nitrogens with one attached hydrogen (secondary N) is 1. The lowest BCUT2D eigenvalue weighted by molar-refractivity contribution is -0.130. The van der Waals surface area contributed by atoms with E-state index in [1.807, 2.05) is 26.0 Å². The van der Waals surface area contributed by atoms with Crippen LogP contribution in [-0.4, -0.2) is 34.3 Å². The highest BCUT2D eigenvalue weighted by molar-refractivity contribution is 8.14. The minimum absolute atomic E-state index is 0.188. The summed E-state index contributed by atoms with van der Waals surface area (Å²) in [6.45, 7) is 4.52. The molecule has 4 N–H and O–H groups in total. The Bertz CT molecular complexity index is 1010. The van der Waals surface area contributed by atoms with Crippen LogP contribution in [0, 0.1) is 13.8 Å². The van der Waals surface area contributed by atoms with Gasteiger partial charge in [0.2, 0.25) is 5.78 Å². The number of hydrogen-bond donors (Lipinski definition) is 3. The second-order valence-corrected chi connectivity index (χ2v) is 7.98. The van der Waals surface area contributed by atoms with E-state index < -0.39 is 11.8 Å². The fourth-order valence-corrected chi connectivity index (χ4v) is 4.02. The number of aliphatic imine (C=N–C) groups is 1. The molecule has 0 spiro atoms. The highest BCUT2D eigenvalue weighted by atomic mass is 32.2. The fraction of sp³-hybridized carbons (Fsp3) is 0.227. The predicted octanol–water partition coefficient (Wildman–Crippen LogP) is 3.85. The zero-order valence-corrected chi connectivity index (χ0v) is 17.2. The van der Waals surface area contributed by atoms with Crippen molar-refractivity contribution in [1.29, 1.82) is 0 Å². The number of allylic oxidation sites excluding steroid dienone is 1. The van der Waals surface area contributed by atoms with Crippen LogP contribution in [0.15, 0.2) is 53.2 Å². The van der Waals surface area contributed by atoms with Gasteiger partial charge in [-0.25, -0.2) is 4.79 Å². The van der Waals surface area contributed by atoms with Gasteiger partial charge < -0.3 is 16.2 Å². The van der Waals surface area contributed by atoms with Crippen molar-refractivity contribution in [3.05, 3.63) is 70.4 Å². The van der Waals surface area contributed by atoms with Gasteiger partial charge in [0.1, 0.15) is 0 Å². The van der Waals surface area contributed by atoms with Crippen LogP contribution in [0.1, 0.15) is 33.5 Å². The Morgan fingerprint density at radius 1 is 1.10 bits per heavy atom. The molecule has 150 valence electrons. The third-order valence-corrected chi connectivity index (χ3v) is 5.41. The van der Waals surface area contributed by atoms with E-state index in [9.17, 15) is 14.7 Å². The number of carbonyl (C=O) groups is 2. The number of Topliss-reactive ketones (excluding diaryl/α,β-unsaturated/α-hetero) is 1. The maximum Gasteiger partial charge on any atom is 0.338 e. The number of carboxylic acid groups (broad SMARTS) is 1. The molecule has 0 amide bonds. The highest BCUT2D eigenvalue weighted by Gasteiger charge is 2.22. The molecule has 0 aliphatic carbocycles. The number of rotatable bonds is 5. The number of amidine groups is 1. The summed E-state index contributed by atoms with van der Waals surface area (Å²) in [5, 5.41) is 13.7. The zero-order chi connectivity index (χ0) is 21.0. The van der Waals surface area contributed by atoms with Crippen LogP contribution in [0.4, 0.5) is 5.69 Å². The van der Waals surface area contributed by atoms with Crippen molar-refractivity contribution in [2.45, 2.75) is 20.3 Å². The molecule has 0 radical (unpaired) electrons. The number of benzene rings is 2. The molecular weight excluding hydrogens is 386 g/mol. The topological polar surface area (TPSA) is 105 Å². The summed E-state index contributed by atoms with van der Waals surface area (Å²) in [6, 6.07) is 12.2. The van der Waals surface area contributed by atoms with Gasteiger partial charge in [0.05, 0.1) is 11.3 Å². The first-order valence-corrected chi connectivity index (χ1v) is 10.2. The number of aryl methyl sites for hydroxylation is 2. The summed E-state index contributed by atoms with van der Waals surface area (Å²) < 4.78 is 0. The van der Waals surface area contributed by atoms with Crippen LogP contribution in [0.3, 0.4) is 0 Å². The summed E-state index contributed by atoms with van der Waals surface area (Å²) in [5.74, 6) is -0.760. The lowest BCUT2D eigenvalue weighted by atomic mass is 9.96. The van der Waals surface area contributed by atoms with Crippen molar-refractivity contribution in [2.75, 3.05) is 17.6 Å². The van der Waals surface area contributed by atoms with E-state index in [0.29, 0.717) is 16.8 Å². The molecule has 6 nitrogen and oxygen atoms in total. The van der Waals surface area contributed by atoms with Crippen molar-refractivity contribution in [2.24, 2.45) is 10.7 Å². The third-order valence-electron chi connectivity index (χ3n) is 4.41. The number of carbonyl (C=O) groups excluding carboxylic acids is 1. The van der Waals surface area contributed by atoms with Crippen LogP contribution < -0.4 is 11.1 Å². The maximum absolute atomic E-state index is 13.0. The summed E-state index contributed by atoms with van der Waals surface area (Å²) in [6.07, 6.45) is 1.05. The predicted molar refractivity (Wildman–Crippen MR) is 118 cm³/mol. The van der Waals surface area contributed by atoms with Crippen molar-refractivity contribution in [1.82, 2.24) is 0 Å². The van der Waals surface area contributed by atoms with E-state index in [2.05, 4.69) is 10.3 Å². The van der Waals surface area contributed by atoms with Crippen molar-refractivity contribution in [3.63, 3.8) is 0 Å². The average molecular weight is 410 g/mol. The highest BCUT2D eigenvalue weighted by Crippen LogP contribution is 2.24. The lowest BCUT2D eigenvalue weighted by Gasteiger charge is -2.14. The second-order valence-electron chi connectivity index (χ2n) is 6.89. The van der Waals surface area contributed by atoms with Gasteiger partial charge >= 0.3 is 5.97 Å². The van der Waals surface area contributed by atoms with Gasteiger partial charge in [-0.2, -0.15) is 0 Å². The lowest BCUT2D eigenvalue weighted by Crippen LogP contribution is -2.19. The number of hydrogen-bond acceptors (Lipinski definition) is 6. The second kappa shape index (κ2) is 8.96. The third kappa shape index (κ3) is 5.06. The molecule has 1 aliphatic heterocycles.